The molecular formula is C9H13NO7S. The highest BCUT2D eigenvalue weighted by Crippen LogP contribution is 1.88. The maximum absolute atomic E-state index is 10.1. The summed E-state index contributed by atoms with van der Waals surface area (Å²) in [4.78, 5) is 48.0. The first-order valence-corrected chi connectivity index (χ1v) is 4.66. The van der Waals surface area contributed by atoms with Crippen LogP contribution in [0.15, 0.2) is 0 Å². The van der Waals surface area contributed by atoms with Crippen molar-refractivity contribution in [1.29, 1.82) is 5.41 Å². The summed E-state index contributed by atoms with van der Waals surface area (Å²) in [5, 5.41) is 13.3. The van der Waals surface area contributed by atoms with Crippen molar-refractivity contribution in [3.05, 3.63) is 0 Å². The Morgan fingerprint density at radius 3 is 1.56 bits per heavy atom. The molecule has 0 bridgehead atoms. The molecule has 0 rings (SSSR count). The summed E-state index contributed by atoms with van der Waals surface area (Å²) < 4.78 is 3.90. The van der Waals surface area contributed by atoms with Crippen molar-refractivity contribution in [1.82, 2.24) is 0 Å². The minimum atomic E-state index is -1.06. The van der Waals surface area contributed by atoms with Crippen LogP contribution in [0.3, 0.4) is 0 Å². The topological polar surface area (TPSA) is 139 Å². The van der Waals surface area contributed by atoms with Crippen molar-refractivity contribution in [2.45, 2.75) is 26.7 Å². The van der Waals surface area contributed by atoms with Gasteiger partial charge < -0.3 is 9.29 Å². The van der Waals surface area contributed by atoms with Crippen molar-refractivity contribution >= 4 is 42.5 Å². The zero-order valence-electron chi connectivity index (χ0n) is 9.76. The average molecular weight is 279 g/mol. The smallest absolute Gasteiger partial charge is 0.325 e. The second kappa shape index (κ2) is 15.0. The summed E-state index contributed by atoms with van der Waals surface area (Å²) in [6.45, 7) is 2.55. The first-order valence-electron chi connectivity index (χ1n) is 4.30. The van der Waals surface area contributed by atoms with Crippen LogP contribution in [0, 0.1) is 5.41 Å². The van der Waals surface area contributed by atoms with E-state index in [-0.39, 0.29) is 24.4 Å². The van der Waals surface area contributed by atoms with Crippen LogP contribution in [-0.4, -0.2) is 34.7 Å². The second-order valence-electron chi connectivity index (χ2n) is 2.72. The number of nitrogens with one attached hydrogen (secondary N) is 1. The quantitative estimate of drug-likeness (QED) is 0.221. The minimum Gasteiger partial charge on any atom is -0.481 e. The SMILES string of the molecule is CC(=O)CC(=O)O.CC(=O)CC(=O)OS.N=C=O. The van der Waals surface area contributed by atoms with Crippen molar-refractivity contribution in [3.8, 4) is 0 Å². The third-order valence-electron chi connectivity index (χ3n) is 0.895. The van der Waals surface area contributed by atoms with Crippen LogP contribution in [0.2, 0.25) is 0 Å². The van der Waals surface area contributed by atoms with E-state index >= 15 is 0 Å². The van der Waals surface area contributed by atoms with Gasteiger partial charge in [-0.1, -0.05) is 0 Å². The van der Waals surface area contributed by atoms with Crippen molar-refractivity contribution in [2.24, 2.45) is 0 Å². The number of Topliss-reactive ketones (excluding diaryl/α,β-unsaturated/α-hetero) is 2. The Bertz CT molecular complexity index is 322. The van der Waals surface area contributed by atoms with Gasteiger partial charge in [-0.2, -0.15) is 0 Å². The summed E-state index contributed by atoms with van der Waals surface area (Å²) in [6, 6.07) is 0. The lowest BCUT2D eigenvalue weighted by Gasteiger charge is -1.88. The van der Waals surface area contributed by atoms with Crippen molar-refractivity contribution < 1.29 is 33.3 Å². The zero-order chi connectivity index (χ0) is 15.1. The fourth-order valence-electron chi connectivity index (χ4n) is 0.449. The van der Waals surface area contributed by atoms with E-state index in [1.807, 2.05) is 0 Å². The molecule has 0 aliphatic rings. The molecule has 0 fully saturated rings. The molecule has 9 heteroatoms. The molecule has 0 spiro atoms. The van der Waals surface area contributed by atoms with Gasteiger partial charge in [0, 0.05) is 12.9 Å². The number of isocyanates is 1. The van der Waals surface area contributed by atoms with Crippen molar-refractivity contribution in [2.75, 3.05) is 0 Å². The Labute approximate surface area is 108 Å². The van der Waals surface area contributed by atoms with Crippen LogP contribution in [0.25, 0.3) is 0 Å². The fraction of sp³-hybridized carbons (Fsp3) is 0.444. The number of carbonyl (C=O) groups is 4. The molecule has 0 amide bonds. The molecule has 102 valence electrons. The summed E-state index contributed by atoms with van der Waals surface area (Å²) in [5.74, 6) is -2.20. The van der Waals surface area contributed by atoms with E-state index in [2.05, 4.69) is 17.1 Å². The van der Waals surface area contributed by atoms with E-state index in [0.717, 1.165) is 6.08 Å². The van der Waals surface area contributed by atoms with Crippen LogP contribution >= 0.6 is 12.9 Å². The van der Waals surface area contributed by atoms with E-state index in [4.69, 9.17) is 15.3 Å². The molecule has 0 radical (unpaired) electrons. The largest absolute Gasteiger partial charge is 0.481 e. The van der Waals surface area contributed by atoms with Crippen LogP contribution in [-0.2, 0) is 28.2 Å². The molecule has 0 aromatic heterocycles. The number of hydrogen-bond donors (Lipinski definition) is 3. The van der Waals surface area contributed by atoms with Gasteiger partial charge in [0.05, 0.1) is 0 Å². The van der Waals surface area contributed by atoms with Gasteiger partial charge in [0.2, 0.25) is 6.08 Å². The Hall–Kier alpha value is -1.99. The molecule has 0 saturated carbocycles. The molecule has 2 N–H and O–H groups in total. The number of ketones is 2. The molecular weight excluding hydrogens is 266 g/mol. The zero-order valence-corrected chi connectivity index (χ0v) is 10.7. The number of aliphatic carboxylic acids is 1. The van der Waals surface area contributed by atoms with E-state index in [9.17, 15) is 19.2 Å². The van der Waals surface area contributed by atoms with E-state index in [1.54, 1.807) is 0 Å². The molecule has 0 heterocycles. The molecule has 0 unspecified atom stereocenters. The standard InChI is InChI=1S/C4H6O3S.C4H6O3.CHNO/c1-3(5)2-4(6)7-8;1-3(5)2-4(6)7;2-1-3/h8H,2H2,1H3;2H2,1H3,(H,6,7);2H. The number of hydrogen-bond acceptors (Lipinski definition) is 8. The Kier molecular flexibility index (Phi) is 17.8. The average Bonchev–Trinajstić information content (AvgIpc) is 2.16. The fourth-order valence-corrected chi connectivity index (χ4v) is 0.513. The summed E-state index contributed by atoms with van der Waals surface area (Å²) in [7, 11) is 0. The highest BCUT2D eigenvalue weighted by molar-refractivity contribution is 7.75. The molecule has 0 saturated heterocycles. The number of carboxylic acids is 1. The van der Waals surface area contributed by atoms with Gasteiger partial charge in [0.1, 0.15) is 24.4 Å². The first kappa shape index (κ1) is 21.3. The lowest BCUT2D eigenvalue weighted by atomic mass is 10.3. The van der Waals surface area contributed by atoms with Crippen LogP contribution in [0.5, 0.6) is 0 Å². The lowest BCUT2D eigenvalue weighted by Crippen LogP contribution is -2.02. The maximum atomic E-state index is 10.1. The highest BCUT2D eigenvalue weighted by atomic mass is 32.1. The third kappa shape index (κ3) is 37.0. The van der Waals surface area contributed by atoms with Gasteiger partial charge in [-0.05, 0) is 13.8 Å². The predicted octanol–water partition coefficient (Wildman–Crippen LogP) is 0.305. The number of thiol groups is 1. The minimum absolute atomic E-state index is 0.191. The molecule has 0 atom stereocenters. The predicted molar refractivity (Wildman–Crippen MR) is 61.7 cm³/mol. The summed E-state index contributed by atoms with van der Waals surface area (Å²) in [6.07, 6.45) is 0.198. The van der Waals surface area contributed by atoms with Crippen molar-refractivity contribution in [3.63, 3.8) is 0 Å². The normalized spacial score (nSPS) is 7.28. The van der Waals surface area contributed by atoms with Gasteiger partial charge in [-0.25, -0.2) is 10.2 Å². The van der Waals surface area contributed by atoms with Crippen LogP contribution < -0.4 is 0 Å². The molecule has 0 aliphatic carbocycles. The first-order chi connectivity index (χ1) is 8.20. The lowest BCUT2D eigenvalue weighted by molar-refractivity contribution is -0.140. The monoisotopic (exact) mass is 279 g/mol. The Morgan fingerprint density at radius 2 is 1.50 bits per heavy atom. The molecule has 0 aliphatic heterocycles. The molecule has 0 aromatic carbocycles. The number of carbonyl (C=O) groups excluding carboxylic acids is 4. The maximum Gasteiger partial charge on any atom is 0.325 e. The van der Waals surface area contributed by atoms with Gasteiger partial charge in [-0.3, -0.25) is 19.2 Å². The summed E-state index contributed by atoms with van der Waals surface area (Å²) >= 11 is 3.19. The summed E-state index contributed by atoms with van der Waals surface area (Å²) in [5.41, 5.74) is 0. The van der Waals surface area contributed by atoms with Crippen LogP contribution in [0.4, 0.5) is 0 Å². The second-order valence-corrected chi connectivity index (χ2v) is 2.90. The molecule has 18 heavy (non-hydrogen) atoms. The van der Waals surface area contributed by atoms with Crippen LogP contribution in [0.1, 0.15) is 26.7 Å². The number of rotatable bonds is 4. The van der Waals surface area contributed by atoms with Gasteiger partial charge in [0.15, 0.2) is 0 Å². The Balaban J connectivity index is -0.000000207. The van der Waals surface area contributed by atoms with Gasteiger partial charge in [-0.15, -0.1) is 0 Å². The van der Waals surface area contributed by atoms with E-state index in [0.29, 0.717) is 0 Å². The van der Waals surface area contributed by atoms with Gasteiger partial charge in [0.25, 0.3) is 0 Å². The highest BCUT2D eigenvalue weighted by Gasteiger charge is 2.02. The van der Waals surface area contributed by atoms with Gasteiger partial charge >= 0.3 is 11.9 Å². The third-order valence-corrected chi connectivity index (χ3v) is 1.10. The van der Waals surface area contributed by atoms with E-state index < -0.39 is 11.9 Å². The Morgan fingerprint density at radius 1 is 1.17 bits per heavy atom. The number of carboxylic acid groups (broad SMARTS) is 1. The molecule has 0 aromatic rings. The molecule has 8 nitrogen and oxygen atoms in total. The van der Waals surface area contributed by atoms with E-state index in [1.165, 1.54) is 13.8 Å².